The number of benzene rings is 4. The van der Waals surface area contributed by atoms with E-state index in [1.807, 2.05) is 30.3 Å². The number of amides is 4. The third kappa shape index (κ3) is 4.56. The van der Waals surface area contributed by atoms with E-state index in [2.05, 4.69) is 5.32 Å². The molecular weight excluding hydrogens is 483 g/mol. The van der Waals surface area contributed by atoms with Gasteiger partial charge in [-0.3, -0.25) is 14.9 Å². The molecule has 4 amide bonds. The molecule has 1 fully saturated rings. The number of rotatable bonds is 5. The Labute approximate surface area is 210 Å². The summed E-state index contributed by atoms with van der Waals surface area (Å²) in [5.74, 6) is -1.52. The van der Waals surface area contributed by atoms with Crippen molar-refractivity contribution < 1.29 is 23.5 Å². The van der Waals surface area contributed by atoms with Gasteiger partial charge >= 0.3 is 6.03 Å². The van der Waals surface area contributed by atoms with Gasteiger partial charge in [-0.05, 0) is 64.9 Å². The minimum atomic E-state index is -0.852. The van der Waals surface area contributed by atoms with Crippen LogP contribution in [0.25, 0.3) is 16.8 Å². The highest BCUT2D eigenvalue weighted by Gasteiger charge is 2.37. The zero-order chi connectivity index (χ0) is 25.2. The van der Waals surface area contributed by atoms with Gasteiger partial charge in [0.25, 0.3) is 11.8 Å². The maximum Gasteiger partial charge on any atom is 0.335 e. The Kier molecular flexibility index (Phi) is 6.23. The number of nitrogens with one attached hydrogen (secondary N) is 1. The van der Waals surface area contributed by atoms with Crippen LogP contribution in [0, 0.1) is 5.82 Å². The van der Waals surface area contributed by atoms with Gasteiger partial charge in [-0.25, -0.2) is 14.1 Å². The molecule has 4 aromatic carbocycles. The highest BCUT2D eigenvalue weighted by atomic mass is 35.5. The first kappa shape index (κ1) is 23.3. The van der Waals surface area contributed by atoms with Crippen LogP contribution in [-0.2, 0) is 16.2 Å². The van der Waals surface area contributed by atoms with Crippen LogP contribution >= 0.6 is 11.6 Å². The second kappa shape index (κ2) is 9.64. The Morgan fingerprint density at radius 2 is 1.61 bits per heavy atom. The topological polar surface area (TPSA) is 75.7 Å². The summed E-state index contributed by atoms with van der Waals surface area (Å²) < 4.78 is 19.3. The maximum atomic E-state index is 13.4. The minimum absolute atomic E-state index is 0.143. The smallest absolute Gasteiger partial charge is 0.335 e. The van der Waals surface area contributed by atoms with Crippen LogP contribution in [0.2, 0.25) is 5.02 Å². The van der Waals surface area contributed by atoms with Gasteiger partial charge in [-0.2, -0.15) is 0 Å². The van der Waals surface area contributed by atoms with E-state index in [0.29, 0.717) is 16.3 Å². The van der Waals surface area contributed by atoms with Gasteiger partial charge in [0.1, 0.15) is 23.7 Å². The molecule has 0 aromatic heterocycles. The van der Waals surface area contributed by atoms with Crippen LogP contribution in [0.15, 0.2) is 90.5 Å². The first-order valence-corrected chi connectivity index (χ1v) is 11.3. The van der Waals surface area contributed by atoms with Crippen molar-refractivity contribution in [2.45, 2.75) is 6.61 Å². The van der Waals surface area contributed by atoms with Gasteiger partial charge in [-0.1, -0.05) is 54.1 Å². The normalized spacial score (nSPS) is 14.9. The Balaban J connectivity index is 1.57. The molecule has 36 heavy (non-hydrogen) atoms. The summed E-state index contributed by atoms with van der Waals surface area (Å²) in [6, 6.07) is 22.2. The second-order valence-electron chi connectivity index (χ2n) is 8.05. The maximum absolute atomic E-state index is 13.4. The number of anilines is 1. The second-order valence-corrected chi connectivity index (χ2v) is 8.48. The lowest BCUT2D eigenvalue weighted by molar-refractivity contribution is -0.122. The minimum Gasteiger partial charge on any atom is -0.488 e. The third-order valence-electron chi connectivity index (χ3n) is 5.71. The van der Waals surface area contributed by atoms with E-state index >= 15 is 0 Å². The summed E-state index contributed by atoms with van der Waals surface area (Å²) in [5.41, 5.74) is 1.28. The van der Waals surface area contributed by atoms with Gasteiger partial charge in [0.2, 0.25) is 0 Å². The number of barbiturate groups is 1. The number of carbonyl (C=O) groups is 3. The van der Waals surface area contributed by atoms with E-state index in [-0.39, 0.29) is 23.7 Å². The summed E-state index contributed by atoms with van der Waals surface area (Å²) in [4.78, 5) is 39.5. The number of halogens is 2. The van der Waals surface area contributed by atoms with Crippen molar-refractivity contribution in [2.24, 2.45) is 0 Å². The van der Waals surface area contributed by atoms with Crippen LogP contribution in [0.5, 0.6) is 5.75 Å². The van der Waals surface area contributed by atoms with E-state index in [4.69, 9.17) is 16.3 Å². The average Bonchev–Trinajstić information content (AvgIpc) is 2.87. The standard InChI is InChI=1S/C28H18ClFN2O4/c29-19-8-12-21(13-9-19)32-27(34)24(26(33)31-28(32)35)15-23-22-4-2-1-3-18(22)7-14-25(23)36-16-17-5-10-20(30)11-6-17/h1-15H,16H2,(H,31,33,35)/b24-15+. The molecular formula is C28H18ClFN2O4. The van der Waals surface area contributed by atoms with Crippen molar-refractivity contribution in [1.82, 2.24) is 5.32 Å². The SMILES string of the molecule is O=C1NC(=O)N(c2ccc(Cl)cc2)C(=O)/C1=C/c1c(OCc2ccc(F)cc2)ccc2ccccc12. The van der Waals surface area contributed by atoms with Gasteiger partial charge in [0.15, 0.2) is 0 Å². The molecule has 0 bridgehead atoms. The molecule has 0 radical (unpaired) electrons. The molecule has 0 atom stereocenters. The quantitative estimate of drug-likeness (QED) is 0.274. The number of hydrogen-bond donors (Lipinski definition) is 1. The molecule has 1 N–H and O–H groups in total. The molecule has 1 aliphatic rings. The molecule has 8 heteroatoms. The number of hydrogen-bond acceptors (Lipinski definition) is 4. The lowest BCUT2D eigenvalue weighted by Crippen LogP contribution is -2.54. The fraction of sp³-hybridized carbons (Fsp3) is 0.0357. The van der Waals surface area contributed by atoms with Crippen molar-refractivity contribution in [1.29, 1.82) is 0 Å². The predicted octanol–water partition coefficient (Wildman–Crippen LogP) is 5.88. The summed E-state index contributed by atoms with van der Waals surface area (Å²) in [5, 5.41) is 4.28. The molecule has 1 heterocycles. The first-order valence-electron chi connectivity index (χ1n) is 11.0. The van der Waals surface area contributed by atoms with Gasteiger partial charge < -0.3 is 4.74 Å². The summed E-state index contributed by atoms with van der Waals surface area (Å²) in [7, 11) is 0. The van der Waals surface area contributed by atoms with Crippen molar-refractivity contribution in [3.05, 3.63) is 112 Å². The molecule has 6 nitrogen and oxygen atoms in total. The van der Waals surface area contributed by atoms with E-state index in [9.17, 15) is 18.8 Å². The van der Waals surface area contributed by atoms with Gasteiger partial charge in [-0.15, -0.1) is 0 Å². The molecule has 0 saturated carbocycles. The largest absolute Gasteiger partial charge is 0.488 e. The highest BCUT2D eigenvalue weighted by Crippen LogP contribution is 2.32. The van der Waals surface area contributed by atoms with E-state index in [0.717, 1.165) is 21.2 Å². The highest BCUT2D eigenvalue weighted by molar-refractivity contribution is 6.39. The predicted molar refractivity (Wildman–Crippen MR) is 135 cm³/mol. The third-order valence-corrected chi connectivity index (χ3v) is 5.97. The monoisotopic (exact) mass is 500 g/mol. The Morgan fingerprint density at radius 3 is 2.36 bits per heavy atom. The fourth-order valence-corrected chi connectivity index (χ4v) is 4.04. The lowest BCUT2D eigenvalue weighted by atomic mass is 9.99. The zero-order valence-electron chi connectivity index (χ0n) is 18.7. The Hall–Kier alpha value is -4.49. The number of fused-ring (bicyclic) bond motifs is 1. The molecule has 178 valence electrons. The summed E-state index contributed by atoms with van der Waals surface area (Å²) >= 11 is 5.94. The lowest BCUT2D eigenvalue weighted by Gasteiger charge is -2.26. The number of nitrogens with zero attached hydrogens (tertiary/aromatic N) is 1. The van der Waals surface area contributed by atoms with Crippen molar-refractivity contribution in [3.8, 4) is 5.75 Å². The molecule has 1 saturated heterocycles. The van der Waals surface area contributed by atoms with E-state index < -0.39 is 17.8 Å². The Bertz CT molecular complexity index is 1530. The summed E-state index contributed by atoms with van der Waals surface area (Å²) in [6.45, 7) is 0.143. The molecule has 0 unspecified atom stereocenters. The Morgan fingerprint density at radius 1 is 0.889 bits per heavy atom. The number of carbonyl (C=O) groups excluding carboxylic acids is 3. The molecule has 1 aliphatic heterocycles. The van der Waals surface area contributed by atoms with Crippen LogP contribution in [0.1, 0.15) is 11.1 Å². The van der Waals surface area contributed by atoms with E-state index in [1.54, 1.807) is 30.3 Å². The average molecular weight is 501 g/mol. The fourth-order valence-electron chi connectivity index (χ4n) is 3.92. The van der Waals surface area contributed by atoms with Crippen molar-refractivity contribution >= 4 is 52.0 Å². The van der Waals surface area contributed by atoms with E-state index in [1.165, 1.54) is 30.3 Å². The number of imide groups is 2. The van der Waals surface area contributed by atoms with Crippen molar-refractivity contribution in [3.63, 3.8) is 0 Å². The molecule has 5 rings (SSSR count). The van der Waals surface area contributed by atoms with Crippen molar-refractivity contribution in [2.75, 3.05) is 4.90 Å². The molecule has 0 aliphatic carbocycles. The molecule has 0 spiro atoms. The van der Waals surface area contributed by atoms with Gasteiger partial charge in [0, 0.05) is 10.6 Å². The van der Waals surface area contributed by atoms with Crippen LogP contribution in [0.4, 0.5) is 14.9 Å². The summed E-state index contributed by atoms with van der Waals surface area (Å²) in [6.07, 6.45) is 1.43. The first-order chi connectivity index (χ1) is 17.4. The molecule has 4 aromatic rings. The van der Waals surface area contributed by atoms with Crippen LogP contribution in [-0.4, -0.2) is 17.8 Å². The number of urea groups is 1. The van der Waals surface area contributed by atoms with Crippen LogP contribution in [0.3, 0.4) is 0 Å². The van der Waals surface area contributed by atoms with Crippen LogP contribution < -0.4 is 15.0 Å². The zero-order valence-corrected chi connectivity index (χ0v) is 19.5. The number of ether oxygens (including phenoxy) is 1. The van der Waals surface area contributed by atoms with Gasteiger partial charge in [0.05, 0.1) is 5.69 Å².